The fourth-order valence-corrected chi connectivity index (χ4v) is 3.98. The van der Waals surface area contributed by atoms with Gasteiger partial charge in [-0.15, -0.1) is 0 Å². The van der Waals surface area contributed by atoms with Gasteiger partial charge in [0.05, 0.1) is 4.75 Å². The van der Waals surface area contributed by atoms with Crippen molar-refractivity contribution in [2.75, 3.05) is 12.0 Å². The fraction of sp³-hybridized carbons (Fsp3) is 0.667. The number of nitrogen functional groups attached to an aromatic ring is 1. The Morgan fingerprint density at radius 3 is 2.56 bits per heavy atom. The molecule has 0 aliphatic heterocycles. The van der Waals surface area contributed by atoms with Crippen LogP contribution >= 0.6 is 0 Å². The third-order valence-corrected chi connectivity index (χ3v) is 7.48. The molecule has 3 rings (SSSR count). The number of fused-ring (bicyclic) bond motifs is 3. The first kappa shape index (κ1) is 18.2. The van der Waals surface area contributed by atoms with Gasteiger partial charge < -0.3 is 5.73 Å². The van der Waals surface area contributed by atoms with E-state index in [1.807, 2.05) is 4.68 Å². The van der Waals surface area contributed by atoms with Crippen molar-refractivity contribution < 1.29 is 8.42 Å². The number of rotatable bonds is 5. The molecule has 0 bridgehead atoms. The lowest BCUT2D eigenvalue weighted by atomic mass is 9.91. The summed E-state index contributed by atoms with van der Waals surface area (Å²) in [5, 5.41) is 5.76. The zero-order chi connectivity index (χ0) is 18.4. The van der Waals surface area contributed by atoms with Crippen molar-refractivity contribution in [1.29, 1.82) is 0 Å². The second-order valence-corrected chi connectivity index (χ2v) is 10.4. The van der Waals surface area contributed by atoms with Crippen LogP contribution in [-0.2, 0) is 35.6 Å². The van der Waals surface area contributed by atoms with Crippen molar-refractivity contribution in [2.45, 2.75) is 70.6 Å². The first-order valence-corrected chi connectivity index (χ1v) is 10.9. The quantitative estimate of drug-likeness (QED) is 0.881. The van der Waals surface area contributed by atoms with E-state index in [0.717, 1.165) is 60.9 Å². The van der Waals surface area contributed by atoms with Crippen molar-refractivity contribution in [3.8, 4) is 0 Å². The maximum Gasteiger partial charge on any atom is 0.152 e. The third kappa shape index (κ3) is 3.14. The molecule has 2 N–H and O–H groups in total. The first-order chi connectivity index (χ1) is 11.7. The Hall–Kier alpha value is -1.63. The van der Waals surface area contributed by atoms with Crippen LogP contribution in [0.2, 0.25) is 0 Å². The number of hydrogen-bond acceptors (Lipinski definition) is 5. The minimum absolute atomic E-state index is 0.429. The molecule has 0 saturated carbocycles. The largest absolute Gasteiger partial charge is 0.382 e. The summed E-state index contributed by atoms with van der Waals surface area (Å²) in [6.07, 6.45) is 6.81. The van der Waals surface area contributed by atoms with Gasteiger partial charge in [-0.1, -0.05) is 6.92 Å². The molecule has 0 aromatic carbocycles. The monoisotopic (exact) mass is 364 g/mol. The summed E-state index contributed by atoms with van der Waals surface area (Å²) in [6.45, 7) is 6.41. The van der Waals surface area contributed by atoms with Crippen LogP contribution in [0.25, 0.3) is 10.9 Å². The van der Waals surface area contributed by atoms with Gasteiger partial charge in [0.2, 0.25) is 0 Å². The molecule has 0 unspecified atom stereocenters. The summed E-state index contributed by atoms with van der Waals surface area (Å²) in [5.41, 5.74) is 10.2. The molecule has 0 spiro atoms. The summed E-state index contributed by atoms with van der Waals surface area (Å²) in [5.74, 6) is 0.462. The molecule has 0 fully saturated rings. The van der Waals surface area contributed by atoms with Crippen LogP contribution in [0.15, 0.2) is 0 Å². The SMILES string of the molecule is CCCn1nc2c(N)nc3c(c2c1CC(C)(C)S(C)(=O)=O)CCCC3. The Morgan fingerprint density at radius 1 is 1.24 bits per heavy atom. The highest BCUT2D eigenvalue weighted by atomic mass is 32.2. The van der Waals surface area contributed by atoms with Gasteiger partial charge in [-0.2, -0.15) is 5.10 Å². The Kier molecular flexibility index (Phi) is 4.56. The minimum atomic E-state index is -3.20. The zero-order valence-corrected chi connectivity index (χ0v) is 16.4. The maximum absolute atomic E-state index is 12.3. The zero-order valence-electron chi connectivity index (χ0n) is 15.6. The van der Waals surface area contributed by atoms with Crippen LogP contribution in [-0.4, -0.2) is 34.2 Å². The second-order valence-electron chi connectivity index (χ2n) is 7.73. The standard InChI is InChI=1S/C18H28N4O2S/c1-5-10-22-14(11-18(2,3)25(4,23)24)15-12-8-6-7-9-13(12)20-17(19)16(15)21-22/h5-11H2,1-4H3,(H2,19,20). The molecule has 138 valence electrons. The van der Waals surface area contributed by atoms with E-state index in [9.17, 15) is 8.42 Å². The highest BCUT2D eigenvalue weighted by Gasteiger charge is 2.34. The lowest BCUT2D eigenvalue weighted by molar-refractivity contribution is 0.523. The number of aryl methyl sites for hydroxylation is 3. The second kappa shape index (κ2) is 6.27. The topological polar surface area (TPSA) is 90.9 Å². The Bertz CT molecular complexity index is 913. The average Bonchev–Trinajstić information content (AvgIpc) is 2.86. The first-order valence-electron chi connectivity index (χ1n) is 9.02. The Labute approximate surface area is 149 Å². The predicted octanol–water partition coefficient (Wildman–Crippen LogP) is 2.67. The minimum Gasteiger partial charge on any atom is -0.382 e. The van der Waals surface area contributed by atoms with Crippen LogP contribution in [0.5, 0.6) is 0 Å². The van der Waals surface area contributed by atoms with E-state index in [1.165, 1.54) is 11.8 Å². The molecular formula is C18H28N4O2S. The highest BCUT2D eigenvalue weighted by Crippen LogP contribution is 2.35. The molecule has 2 aromatic heterocycles. The van der Waals surface area contributed by atoms with Crippen LogP contribution in [0.4, 0.5) is 5.82 Å². The molecule has 2 heterocycles. The summed E-state index contributed by atoms with van der Waals surface area (Å²) < 4.78 is 25.6. The molecule has 0 saturated heterocycles. The highest BCUT2D eigenvalue weighted by molar-refractivity contribution is 7.92. The Balaban J connectivity index is 2.27. The summed E-state index contributed by atoms with van der Waals surface area (Å²) in [6, 6.07) is 0. The molecule has 1 aliphatic rings. The van der Waals surface area contributed by atoms with E-state index in [-0.39, 0.29) is 0 Å². The average molecular weight is 365 g/mol. The lowest BCUT2D eigenvalue weighted by Gasteiger charge is -2.24. The van der Waals surface area contributed by atoms with Crippen LogP contribution in [0.1, 0.15) is 57.0 Å². The maximum atomic E-state index is 12.3. The number of hydrogen-bond donors (Lipinski definition) is 1. The lowest BCUT2D eigenvalue weighted by Crippen LogP contribution is -2.34. The molecular weight excluding hydrogens is 336 g/mol. The molecule has 6 nitrogen and oxygen atoms in total. The van der Waals surface area contributed by atoms with E-state index in [0.29, 0.717) is 12.2 Å². The number of nitrogens with two attached hydrogens (primary N) is 1. The van der Waals surface area contributed by atoms with Gasteiger partial charge in [-0.05, 0) is 51.5 Å². The van der Waals surface area contributed by atoms with Crippen molar-refractivity contribution >= 4 is 26.6 Å². The summed E-state index contributed by atoms with van der Waals surface area (Å²) in [4.78, 5) is 4.59. The van der Waals surface area contributed by atoms with Crippen LogP contribution in [0, 0.1) is 0 Å². The number of sulfone groups is 1. The van der Waals surface area contributed by atoms with Gasteiger partial charge in [-0.25, -0.2) is 13.4 Å². The number of nitrogens with zero attached hydrogens (tertiary/aromatic N) is 3. The van der Waals surface area contributed by atoms with Crippen molar-refractivity contribution in [2.24, 2.45) is 0 Å². The molecule has 25 heavy (non-hydrogen) atoms. The Morgan fingerprint density at radius 2 is 1.92 bits per heavy atom. The van der Waals surface area contributed by atoms with Crippen LogP contribution in [0.3, 0.4) is 0 Å². The fourth-order valence-electron chi connectivity index (χ4n) is 3.58. The molecule has 1 aliphatic carbocycles. The van der Waals surface area contributed by atoms with E-state index < -0.39 is 14.6 Å². The van der Waals surface area contributed by atoms with Crippen molar-refractivity contribution in [3.63, 3.8) is 0 Å². The van der Waals surface area contributed by atoms with Crippen LogP contribution < -0.4 is 5.73 Å². The van der Waals surface area contributed by atoms with E-state index in [1.54, 1.807) is 13.8 Å². The van der Waals surface area contributed by atoms with Gasteiger partial charge in [0.25, 0.3) is 0 Å². The molecule has 2 aromatic rings. The van der Waals surface area contributed by atoms with Gasteiger partial charge >= 0.3 is 0 Å². The van der Waals surface area contributed by atoms with Gasteiger partial charge in [0.1, 0.15) is 5.52 Å². The van der Waals surface area contributed by atoms with Crippen molar-refractivity contribution in [1.82, 2.24) is 14.8 Å². The predicted molar refractivity (Wildman–Crippen MR) is 102 cm³/mol. The third-order valence-electron chi connectivity index (χ3n) is 5.33. The van der Waals surface area contributed by atoms with E-state index in [4.69, 9.17) is 10.8 Å². The smallest absolute Gasteiger partial charge is 0.152 e. The molecule has 0 radical (unpaired) electrons. The summed E-state index contributed by atoms with van der Waals surface area (Å²) in [7, 11) is -3.20. The van der Waals surface area contributed by atoms with Gasteiger partial charge in [0, 0.05) is 36.0 Å². The number of pyridine rings is 1. The van der Waals surface area contributed by atoms with E-state index in [2.05, 4.69) is 11.9 Å². The number of anilines is 1. The molecule has 0 amide bonds. The summed E-state index contributed by atoms with van der Waals surface area (Å²) >= 11 is 0. The molecule has 7 heteroatoms. The normalized spacial score (nSPS) is 15.5. The number of aromatic nitrogens is 3. The van der Waals surface area contributed by atoms with E-state index >= 15 is 0 Å². The van der Waals surface area contributed by atoms with Gasteiger partial charge in [-0.3, -0.25) is 4.68 Å². The molecule has 0 atom stereocenters. The van der Waals surface area contributed by atoms with Crippen molar-refractivity contribution in [3.05, 3.63) is 17.0 Å². The van der Waals surface area contributed by atoms with Gasteiger partial charge in [0.15, 0.2) is 15.7 Å².